The molecule has 2 aromatic heterocycles. The van der Waals surface area contributed by atoms with Gasteiger partial charge in [0, 0.05) is 31.9 Å². The zero-order chi connectivity index (χ0) is 15.7. The number of carbonyl (C=O) groups excluding carboxylic acids is 1. The molecule has 1 fully saturated rings. The molecule has 0 spiro atoms. The first kappa shape index (κ1) is 14.6. The summed E-state index contributed by atoms with van der Waals surface area (Å²) in [5.74, 6) is 1.64. The van der Waals surface area contributed by atoms with E-state index in [0.29, 0.717) is 11.6 Å². The zero-order valence-electron chi connectivity index (χ0n) is 13.2. The van der Waals surface area contributed by atoms with Crippen LogP contribution < -0.4 is 4.90 Å². The van der Waals surface area contributed by atoms with Crippen molar-refractivity contribution in [3.8, 4) is 0 Å². The van der Waals surface area contributed by atoms with E-state index >= 15 is 0 Å². The van der Waals surface area contributed by atoms with Crippen LogP contribution in [-0.4, -0.2) is 35.9 Å². The van der Waals surface area contributed by atoms with Crippen molar-refractivity contribution in [2.24, 2.45) is 0 Å². The number of amides is 1. The van der Waals surface area contributed by atoms with Crippen LogP contribution in [0.5, 0.6) is 0 Å². The number of rotatable bonds is 5. The minimum Gasteiger partial charge on any atom is -0.467 e. The third kappa shape index (κ3) is 2.84. The number of anilines is 1. The number of nitrogens with zero attached hydrogens (tertiary/aromatic N) is 3. The summed E-state index contributed by atoms with van der Waals surface area (Å²) in [6.07, 6.45) is 5.45. The van der Waals surface area contributed by atoms with Gasteiger partial charge < -0.3 is 14.2 Å². The van der Waals surface area contributed by atoms with Gasteiger partial charge in [0.25, 0.3) is 5.91 Å². The lowest BCUT2D eigenvalue weighted by Gasteiger charge is -2.28. The number of furan rings is 1. The average Bonchev–Trinajstić information content (AvgIpc) is 3.19. The monoisotopic (exact) mass is 299 g/mol. The van der Waals surface area contributed by atoms with Crippen LogP contribution in [0.25, 0.3) is 0 Å². The maximum atomic E-state index is 13.0. The highest BCUT2D eigenvalue weighted by Crippen LogP contribution is 2.35. The van der Waals surface area contributed by atoms with E-state index in [2.05, 4.69) is 4.98 Å². The van der Waals surface area contributed by atoms with Crippen molar-refractivity contribution in [1.82, 2.24) is 9.88 Å². The molecule has 0 N–H and O–H groups in total. The molecule has 1 amide bonds. The fraction of sp³-hybridized carbons (Fsp3) is 0.412. The smallest absolute Gasteiger partial charge is 0.254 e. The second-order valence-electron chi connectivity index (χ2n) is 5.93. The SMILES string of the molecule is C[C@@H](c1ccco1)N(C(=O)c1ccnc(N(C)C)c1)C1CC1. The molecule has 0 unspecified atom stereocenters. The summed E-state index contributed by atoms with van der Waals surface area (Å²) >= 11 is 0. The van der Waals surface area contributed by atoms with Crippen LogP contribution in [0.1, 0.15) is 41.9 Å². The van der Waals surface area contributed by atoms with Gasteiger partial charge >= 0.3 is 0 Å². The first-order valence-electron chi connectivity index (χ1n) is 7.57. The Morgan fingerprint density at radius 2 is 2.14 bits per heavy atom. The number of aromatic nitrogens is 1. The Bertz CT molecular complexity index is 648. The van der Waals surface area contributed by atoms with Gasteiger partial charge in [-0.3, -0.25) is 4.79 Å². The predicted octanol–water partition coefficient (Wildman–Crippen LogP) is 3.11. The van der Waals surface area contributed by atoms with Crippen molar-refractivity contribution >= 4 is 11.7 Å². The fourth-order valence-electron chi connectivity index (χ4n) is 2.62. The van der Waals surface area contributed by atoms with Gasteiger partial charge in [0.2, 0.25) is 0 Å². The summed E-state index contributed by atoms with van der Waals surface area (Å²) in [6, 6.07) is 7.64. The van der Waals surface area contributed by atoms with Gasteiger partial charge in [0.1, 0.15) is 11.6 Å². The molecule has 116 valence electrons. The lowest BCUT2D eigenvalue weighted by Crippen LogP contribution is -2.35. The molecule has 0 radical (unpaired) electrons. The highest BCUT2D eigenvalue weighted by atomic mass is 16.3. The third-order valence-electron chi connectivity index (χ3n) is 4.00. The van der Waals surface area contributed by atoms with E-state index in [4.69, 9.17) is 4.42 Å². The molecule has 1 aliphatic carbocycles. The highest BCUT2D eigenvalue weighted by molar-refractivity contribution is 5.95. The Morgan fingerprint density at radius 1 is 1.36 bits per heavy atom. The number of hydrogen-bond acceptors (Lipinski definition) is 4. The topological polar surface area (TPSA) is 49.6 Å². The van der Waals surface area contributed by atoms with E-state index in [1.165, 1.54) is 0 Å². The summed E-state index contributed by atoms with van der Waals surface area (Å²) in [5, 5.41) is 0. The van der Waals surface area contributed by atoms with Crippen molar-refractivity contribution in [2.45, 2.75) is 31.8 Å². The molecular weight excluding hydrogens is 278 g/mol. The summed E-state index contributed by atoms with van der Waals surface area (Å²) < 4.78 is 5.49. The quantitative estimate of drug-likeness (QED) is 0.851. The van der Waals surface area contributed by atoms with E-state index in [1.54, 1.807) is 18.5 Å². The molecule has 0 saturated heterocycles. The Hall–Kier alpha value is -2.30. The van der Waals surface area contributed by atoms with Crippen molar-refractivity contribution in [1.29, 1.82) is 0 Å². The minimum atomic E-state index is -0.0639. The van der Waals surface area contributed by atoms with Gasteiger partial charge in [-0.05, 0) is 44.0 Å². The largest absolute Gasteiger partial charge is 0.467 e. The highest BCUT2D eigenvalue weighted by Gasteiger charge is 2.37. The van der Waals surface area contributed by atoms with Crippen LogP contribution in [0.2, 0.25) is 0 Å². The first-order valence-corrected chi connectivity index (χ1v) is 7.57. The predicted molar refractivity (Wildman–Crippen MR) is 84.9 cm³/mol. The maximum Gasteiger partial charge on any atom is 0.254 e. The van der Waals surface area contributed by atoms with E-state index in [1.807, 2.05) is 49.0 Å². The van der Waals surface area contributed by atoms with Crippen molar-refractivity contribution in [3.05, 3.63) is 48.0 Å². The van der Waals surface area contributed by atoms with Crippen molar-refractivity contribution in [3.63, 3.8) is 0 Å². The Balaban J connectivity index is 1.88. The second-order valence-corrected chi connectivity index (χ2v) is 5.93. The minimum absolute atomic E-state index is 0.0388. The molecule has 3 rings (SSSR count). The molecule has 0 aliphatic heterocycles. The lowest BCUT2D eigenvalue weighted by molar-refractivity contribution is 0.0652. The number of carbonyl (C=O) groups is 1. The number of pyridine rings is 1. The molecule has 22 heavy (non-hydrogen) atoms. The van der Waals surface area contributed by atoms with Crippen LogP contribution >= 0.6 is 0 Å². The Labute approximate surface area is 130 Å². The van der Waals surface area contributed by atoms with Gasteiger partial charge in [0.15, 0.2) is 0 Å². The third-order valence-corrected chi connectivity index (χ3v) is 4.00. The standard InChI is InChI=1S/C17H21N3O2/c1-12(15-5-4-10-22-15)20(14-6-7-14)17(21)13-8-9-18-16(11-13)19(2)3/h4-5,8-12,14H,6-7H2,1-3H3/t12-/m0/s1. The summed E-state index contributed by atoms with van der Waals surface area (Å²) in [4.78, 5) is 21.1. The molecule has 2 heterocycles. The van der Waals surface area contributed by atoms with Gasteiger partial charge in [-0.25, -0.2) is 4.98 Å². The van der Waals surface area contributed by atoms with Crippen LogP contribution in [0, 0.1) is 0 Å². The number of hydrogen-bond donors (Lipinski definition) is 0. The second kappa shape index (κ2) is 5.83. The van der Waals surface area contributed by atoms with Gasteiger partial charge in [0.05, 0.1) is 12.3 Å². The molecule has 5 nitrogen and oxygen atoms in total. The molecule has 1 saturated carbocycles. The van der Waals surface area contributed by atoms with E-state index in [-0.39, 0.29) is 11.9 Å². The van der Waals surface area contributed by atoms with Crippen molar-refractivity contribution < 1.29 is 9.21 Å². The van der Waals surface area contributed by atoms with Crippen LogP contribution in [-0.2, 0) is 0 Å². The first-order chi connectivity index (χ1) is 10.6. The lowest BCUT2D eigenvalue weighted by atomic mass is 10.1. The van der Waals surface area contributed by atoms with Gasteiger partial charge in [-0.15, -0.1) is 0 Å². The van der Waals surface area contributed by atoms with E-state index in [9.17, 15) is 4.79 Å². The molecule has 2 aromatic rings. The van der Waals surface area contributed by atoms with Gasteiger partial charge in [-0.2, -0.15) is 0 Å². The molecule has 0 bridgehead atoms. The van der Waals surface area contributed by atoms with E-state index in [0.717, 1.165) is 24.4 Å². The molecule has 1 atom stereocenters. The van der Waals surface area contributed by atoms with Crippen LogP contribution in [0.15, 0.2) is 41.1 Å². The fourth-order valence-corrected chi connectivity index (χ4v) is 2.62. The maximum absolute atomic E-state index is 13.0. The summed E-state index contributed by atoms with van der Waals surface area (Å²) in [7, 11) is 3.83. The van der Waals surface area contributed by atoms with E-state index < -0.39 is 0 Å². The van der Waals surface area contributed by atoms with Crippen LogP contribution in [0.3, 0.4) is 0 Å². The Kier molecular flexibility index (Phi) is 3.88. The summed E-state index contributed by atoms with van der Waals surface area (Å²) in [6.45, 7) is 2.02. The normalized spacial score (nSPS) is 15.4. The van der Waals surface area contributed by atoms with Crippen LogP contribution in [0.4, 0.5) is 5.82 Å². The van der Waals surface area contributed by atoms with Gasteiger partial charge in [-0.1, -0.05) is 0 Å². The van der Waals surface area contributed by atoms with Crippen molar-refractivity contribution in [2.75, 3.05) is 19.0 Å². The zero-order valence-corrected chi connectivity index (χ0v) is 13.2. The molecule has 5 heteroatoms. The molecular formula is C17H21N3O2. The Morgan fingerprint density at radius 3 is 2.73 bits per heavy atom. The average molecular weight is 299 g/mol. The molecule has 1 aliphatic rings. The molecule has 0 aromatic carbocycles. The summed E-state index contributed by atoms with van der Waals surface area (Å²) in [5.41, 5.74) is 0.670.